The van der Waals surface area contributed by atoms with Gasteiger partial charge in [0.25, 0.3) is 0 Å². The van der Waals surface area contributed by atoms with Crippen molar-refractivity contribution >= 4 is 11.9 Å². The Morgan fingerprint density at radius 2 is 1.48 bits per heavy atom. The van der Waals surface area contributed by atoms with Gasteiger partial charge in [0.05, 0.1) is 0 Å². The lowest BCUT2D eigenvalue weighted by molar-refractivity contribution is -0.127. The second-order valence-electron chi connectivity index (χ2n) is 7.74. The second kappa shape index (κ2) is 5.18. The summed E-state index contributed by atoms with van der Waals surface area (Å²) < 4.78 is 0. The fourth-order valence-corrected chi connectivity index (χ4v) is 5.48. The first-order valence-corrected chi connectivity index (χ1v) is 8.24. The van der Waals surface area contributed by atoms with E-state index in [0.717, 1.165) is 17.8 Å². The summed E-state index contributed by atoms with van der Waals surface area (Å²) in [5, 5.41) is 5.58. The molecule has 21 heavy (non-hydrogen) atoms. The Hall–Kier alpha value is -1.26. The molecule has 118 valence electrons. The molecule has 4 saturated carbocycles. The first kappa shape index (κ1) is 14.7. The molecule has 0 heterocycles. The maximum Gasteiger partial charge on any atom is 0.312 e. The van der Waals surface area contributed by atoms with Crippen molar-refractivity contribution in [3.05, 3.63) is 0 Å². The molecule has 0 aliphatic heterocycles. The van der Waals surface area contributed by atoms with Gasteiger partial charge in [-0.2, -0.15) is 0 Å². The van der Waals surface area contributed by atoms with E-state index in [0.29, 0.717) is 0 Å². The van der Waals surface area contributed by atoms with Crippen LogP contribution in [0.15, 0.2) is 0 Å². The molecule has 2 atom stereocenters. The molecule has 0 aromatic heterocycles. The predicted molar refractivity (Wildman–Crippen MR) is 80.4 cm³/mol. The molecule has 4 fully saturated rings. The molecular weight excluding hydrogens is 266 g/mol. The minimum atomic E-state index is -0.653. The third kappa shape index (κ3) is 2.74. The van der Waals surface area contributed by atoms with Gasteiger partial charge >= 0.3 is 6.03 Å². The molecular formula is C16H27N3O2. The standard InChI is InChI=1S/C16H27N3O2/c1-9(18-15(17)21)14(20)19-10(2)16-6-11-3-12(7-16)5-13(4-11)8-16/h9-13H,3-8H2,1-2H3,(H,19,20)(H3,17,18,21)/t9-,10?,11?,12?,13?,16?/m0/s1. The maximum absolute atomic E-state index is 12.2. The summed E-state index contributed by atoms with van der Waals surface area (Å²) in [5.41, 5.74) is 5.37. The predicted octanol–water partition coefficient (Wildman–Crippen LogP) is 1.76. The molecule has 0 aromatic rings. The quantitative estimate of drug-likeness (QED) is 0.738. The molecule has 4 rings (SSSR count). The van der Waals surface area contributed by atoms with Crippen LogP contribution in [-0.4, -0.2) is 24.0 Å². The Kier molecular flexibility index (Phi) is 3.62. The number of carbonyl (C=O) groups excluding carboxylic acids is 2. The Balaban J connectivity index is 1.64. The molecule has 4 bridgehead atoms. The minimum absolute atomic E-state index is 0.128. The van der Waals surface area contributed by atoms with Gasteiger partial charge in [0, 0.05) is 6.04 Å². The van der Waals surface area contributed by atoms with Crippen LogP contribution in [0.4, 0.5) is 4.79 Å². The molecule has 4 N–H and O–H groups in total. The fourth-order valence-electron chi connectivity index (χ4n) is 5.48. The molecule has 0 saturated heterocycles. The first-order valence-electron chi connectivity index (χ1n) is 8.24. The van der Waals surface area contributed by atoms with Gasteiger partial charge in [-0.15, -0.1) is 0 Å². The van der Waals surface area contributed by atoms with Crippen molar-refractivity contribution in [2.75, 3.05) is 0 Å². The van der Waals surface area contributed by atoms with E-state index < -0.39 is 12.1 Å². The normalized spacial score (nSPS) is 39.6. The zero-order valence-electron chi connectivity index (χ0n) is 13.0. The van der Waals surface area contributed by atoms with E-state index >= 15 is 0 Å². The van der Waals surface area contributed by atoms with Crippen LogP contribution < -0.4 is 16.4 Å². The van der Waals surface area contributed by atoms with Crippen molar-refractivity contribution in [3.63, 3.8) is 0 Å². The summed E-state index contributed by atoms with van der Waals surface area (Å²) in [6.07, 6.45) is 7.99. The average Bonchev–Trinajstić information content (AvgIpc) is 2.35. The van der Waals surface area contributed by atoms with Crippen LogP contribution in [0.2, 0.25) is 0 Å². The lowest BCUT2D eigenvalue weighted by atomic mass is 9.48. The van der Waals surface area contributed by atoms with Gasteiger partial charge in [-0.3, -0.25) is 4.79 Å². The van der Waals surface area contributed by atoms with Gasteiger partial charge in [0.1, 0.15) is 6.04 Å². The van der Waals surface area contributed by atoms with Crippen LogP contribution in [0.3, 0.4) is 0 Å². The van der Waals surface area contributed by atoms with Crippen LogP contribution in [0, 0.1) is 23.2 Å². The zero-order chi connectivity index (χ0) is 15.2. The summed E-state index contributed by atoms with van der Waals surface area (Å²) in [6.45, 7) is 3.81. The van der Waals surface area contributed by atoms with Crippen molar-refractivity contribution < 1.29 is 9.59 Å². The average molecular weight is 293 g/mol. The monoisotopic (exact) mass is 293 g/mol. The number of carbonyl (C=O) groups is 2. The summed E-state index contributed by atoms with van der Waals surface area (Å²) >= 11 is 0. The van der Waals surface area contributed by atoms with Crippen LogP contribution in [-0.2, 0) is 4.79 Å². The van der Waals surface area contributed by atoms with Crippen molar-refractivity contribution in [2.24, 2.45) is 28.9 Å². The Bertz CT molecular complexity index is 414. The van der Waals surface area contributed by atoms with E-state index in [9.17, 15) is 9.59 Å². The number of nitrogens with one attached hydrogen (secondary N) is 2. The van der Waals surface area contributed by atoms with Crippen LogP contribution >= 0.6 is 0 Å². The molecule has 0 radical (unpaired) electrons. The highest BCUT2D eigenvalue weighted by molar-refractivity contribution is 5.86. The van der Waals surface area contributed by atoms with Crippen molar-refractivity contribution in [3.8, 4) is 0 Å². The van der Waals surface area contributed by atoms with E-state index in [1.807, 2.05) is 0 Å². The lowest BCUT2D eigenvalue weighted by Gasteiger charge is -2.59. The maximum atomic E-state index is 12.2. The summed E-state index contributed by atoms with van der Waals surface area (Å²) in [7, 11) is 0. The first-order chi connectivity index (χ1) is 9.88. The molecule has 0 spiro atoms. The Morgan fingerprint density at radius 1 is 1.00 bits per heavy atom. The Labute approximate surface area is 126 Å². The smallest absolute Gasteiger partial charge is 0.312 e. The fraction of sp³-hybridized carbons (Fsp3) is 0.875. The largest absolute Gasteiger partial charge is 0.352 e. The Morgan fingerprint density at radius 3 is 1.90 bits per heavy atom. The molecule has 4 aliphatic rings. The summed E-state index contributed by atoms with van der Waals surface area (Å²) in [6, 6.07) is -1.05. The van der Waals surface area contributed by atoms with Gasteiger partial charge in [0.15, 0.2) is 0 Å². The van der Waals surface area contributed by atoms with E-state index in [-0.39, 0.29) is 17.4 Å². The summed E-state index contributed by atoms with van der Waals surface area (Å²) in [4.78, 5) is 23.1. The third-order valence-corrected chi connectivity index (χ3v) is 6.11. The van der Waals surface area contributed by atoms with Gasteiger partial charge in [0.2, 0.25) is 5.91 Å². The summed E-state index contributed by atoms with van der Waals surface area (Å²) in [5.74, 6) is 2.49. The third-order valence-electron chi connectivity index (χ3n) is 6.11. The highest BCUT2D eigenvalue weighted by Gasteiger charge is 2.53. The van der Waals surface area contributed by atoms with Crippen LogP contribution in [0.1, 0.15) is 52.4 Å². The molecule has 3 amide bonds. The van der Waals surface area contributed by atoms with E-state index in [2.05, 4.69) is 17.6 Å². The number of hydrogen-bond acceptors (Lipinski definition) is 2. The van der Waals surface area contributed by atoms with E-state index in [1.54, 1.807) is 6.92 Å². The molecule has 4 aliphatic carbocycles. The number of hydrogen-bond donors (Lipinski definition) is 3. The van der Waals surface area contributed by atoms with Crippen molar-refractivity contribution in [2.45, 2.75) is 64.5 Å². The highest BCUT2D eigenvalue weighted by Crippen LogP contribution is 2.61. The second-order valence-corrected chi connectivity index (χ2v) is 7.74. The minimum Gasteiger partial charge on any atom is -0.352 e. The highest BCUT2D eigenvalue weighted by atomic mass is 16.2. The molecule has 5 heteroatoms. The number of rotatable bonds is 4. The van der Waals surface area contributed by atoms with Crippen LogP contribution in [0.25, 0.3) is 0 Å². The number of amides is 3. The van der Waals surface area contributed by atoms with Gasteiger partial charge in [-0.05, 0) is 75.5 Å². The number of primary amides is 1. The zero-order valence-corrected chi connectivity index (χ0v) is 13.0. The van der Waals surface area contributed by atoms with Crippen molar-refractivity contribution in [1.82, 2.24) is 10.6 Å². The van der Waals surface area contributed by atoms with E-state index in [4.69, 9.17) is 5.73 Å². The number of nitrogens with two attached hydrogens (primary N) is 1. The van der Waals surface area contributed by atoms with Gasteiger partial charge < -0.3 is 16.4 Å². The molecule has 1 unspecified atom stereocenters. The van der Waals surface area contributed by atoms with Gasteiger partial charge in [-0.25, -0.2) is 4.79 Å². The van der Waals surface area contributed by atoms with Crippen LogP contribution in [0.5, 0.6) is 0 Å². The number of urea groups is 1. The lowest BCUT2D eigenvalue weighted by Crippen LogP contribution is -2.58. The molecule has 5 nitrogen and oxygen atoms in total. The van der Waals surface area contributed by atoms with Gasteiger partial charge in [-0.1, -0.05) is 0 Å². The molecule has 0 aromatic carbocycles. The van der Waals surface area contributed by atoms with E-state index in [1.165, 1.54) is 38.5 Å². The topological polar surface area (TPSA) is 84.2 Å². The van der Waals surface area contributed by atoms with Crippen molar-refractivity contribution in [1.29, 1.82) is 0 Å². The SMILES string of the molecule is CC(NC(=O)[C@H](C)NC(N)=O)C12CC3CC(CC(C3)C1)C2.